The van der Waals surface area contributed by atoms with Crippen molar-refractivity contribution in [1.82, 2.24) is 20.4 Å². The summed E-state index contributed by atoms with van der Waals surface area (Å²) in [6.07, 6.45) is -8.98. The van der Waals surface area contributed by atoms with Crippen LogP contribution in [0.5, 0.6) is 0 Å². The number of alkyl halides is 6. The van der Waals surface area contributed by atoms with Gasteiger partial charge in [0.1, 0.15) is 0 Å². The summed E-state index contributed by atoms with van der Waals surface area (Å²) in [4.78, 5) is 27.6. The van der Waals surface area contributed by atoms with Crippen LogP contribution in [0.3, 0.4) is 0 Å². The quantitative estimate of drug-likeness (QED) is 0.400. The lowest BCUT2D eigenvalue weighted by Gasteiger charge is -2.34. The number of piperazine rings is 2. The normalized spacial score (nSPS) is 25.0. The van der Waals surface area contributed by atoms with Gasteiger partial charge in [-0.1, -0.05) is 24.3 Å². The van der Waals surface area contributed by atoms with Crippen molar-refractivity contribution in [2.24, 2.45) is 0 Å². The van der Waals surface area contributed by atoms with Crippen LogP contribution >= 0.6 is 24.8 Å². The van der Waals surface area contributed by atoms with E-state index in [0.717, 1.165) is 12.1 Å². The van der Waals surface area contributed by atoms with Crippen LogP contribution in [0.15, 0.2) is 36.4 Å². The monoisotopic (exact) mass is 612 g/mol. The fraction of sp³-hybridized carbons (Fsp3) is 0.462. The first-order chi connectivity index (χ1) is 17.8. The fourth-order valence-electron chi connectivity index (χ4n) is 5.76. The Hall–Kier alpha value is -2.54. The summed E-state index contributed by atoms with van der Waals surface area (Å²) in [5.74, 6) is -0.998. The average molecular weight is 613 g/mol. The van der Waals surface area contributed by atoms with E-state index in [1.54, 1.807) is 21.9 Å². The minimum absolute atomic E-state index is 0. The van der Waals surface area contributed by atoms with E-state index in [0.29, 0.717) is 37.3 Å². The second-order valence-electron chi connectivity index (χ2n) is 10.1. The molecule has 4 aliphatic rings. The summed E-state index contributed by atoms with van der Waals surface area (Å²) in [6.45, 7) is 5.71. The molecule has 4 aliphatic heterocycles. The van der Waals surface area contributed by atoms with Crippen molar-refractivity contribution in [2.75, 3.05) is 26.2 Å². The number of fused-ring (bicyclic) bond motifs is 6. The highest BCUT2D eigenvalue weighted by Crippen LogP contribution is 2.43. The Bertz CT molecular complexity index is 1190. The molecule has 0 spiro atoms. The molecule has 0 bridgehead atoms. The van der Waals surface area contributed by atoms with Gasteiger partial charge in [-0.15, -0.1) is 24.8 Å². The predicted molar refractivity (Wildman–Crippen MR) is 140 cm³/mol. The number of amides is 2. The number of hydrogen-bond acceptors (Lipinski definition) is 4. The molecule has 0 saturated carbocycles. The fourth-order valence-corrected chi connectivity index (χ4v) is 5.76. The van der Waals surface area contributed by atoms with Gasteiger partial charge in [0, 0.05) is 38.3 Å². The molecular formula is C26H28Cl2F6N4O2. The Balaban J connectivity index is 0.000000210. The van der Waals surface area contributed by atoms with E-state index in [-0.39, 0.29) is 60.1 Å². The van der Waals surface area contributed by atoms with Gasteiger partial charge in [0.25, 0.3) is 11.8 Å². The molecular weight excluding hydrogens is 585 g/mol. The molecule has 4 heterocycles. The van der Waals surface area contributed by atoms with Crippen LogP contribution in [0.4, 0.5) is 26.3 Å². The number of carbonyl (C=O) groups excluding carboxylic acids is 2. The number of benzene rings is 2. The predicted octanol–water partition coefficient (Wildman–Crippen LogP) is 5.23. The zero-order valence-corrected chi connectivity index (χ0v) is 23.0. The van der Waals surface area contributed by atoms with E-state index in [1.165, 1.54) is 12.1 Å². The van der Waals surface area contributed by atoms with Crippen molar-refractivity contribution in [3.8, 4) is 0 Å². The second kappa shape index (κ2) is 11.4. The minimum Gasteiger partial charge on any atom is -0.329 e. The van der Waals surface area contributed by atoms with Crippen molar-refractivity contribution in [1.29, 1.82) is 0 Å². The van der Waals surface area contributed by atoms with Crippen molar-refractivity contribution in [2.45, 2.75) is 50.4 Å². The number of halogens is 8. The van der Waals surface area contributed by atoms with Crippen LogP contribution in [-0.2, 0) is 12.4 Å². The standard InChI is InChI=1S/2C13H13F3N2O.2ClH/c2*1-7-6-18-10(5-17-7)8-3-2-4-9(13(14,15)16)11(8)12(18)19;;/h2*2-4,7,10,17H,5-6H2,1H3;2*1H/t7-,10+;7-,10-;;/m00../s1. The lowest BCUT2D eigenvalue weighted by Crippen LogP contribution is -2.50. The van der Waals surface area contributed by atoms with Crippen LogP contribution in [0.1, 0.15) is 68.9 Å². The molecule has 2 N–H and O–H groups in total. The maximum Gasteiger partial charge on any atom is 0.417 e. The first-order valence-corrected chi connectivity index (χ1v) is 12.3. The topological polar surface area (TPSA) is 64.7 Å². The molecule has 6 rings (SSSR count). The molecule has 4 atom stereocenters. The Labute approximate surface area is 239 Å². The molecule has 2 amide bonds. The van der Waals surface area contributed by atoms with Crippen LogP contribution in [-0.4, -0.2) is 59.9 Å². The van der Waals surface area contributed by atoms with E-state index in [9.17, 15) is 35.9 Å². The van der Waals surface area contributed by atoms with Gasteiger partial charge in [-0.25, -0.2) is 0 Å². The van der Waals surface area contributed by atoms with Crippen molar-refractivity contribution in [3.05, 3.63) is 69.8 Å². The highest BCUT2D eigenvalue weighted by atomic mass is 35.5. The number of nitrogens with zero attached hydrogens (tertiary/aromatic N) is 2. The van der Waals surface area contributed by atoms with Crippen LogP contribution in [0.25, 0.3) is 0 Å². The third-order valence-electron chi connectivity index (χ3n) is 7.48. The Morgan fingerprint density at radius 1 is 0.675 bits per heavy atom. The molecule has 2 saturated heterocycles. The number of nitrogens with one attached hydrogen (secondary N) is 2. The summed E-state index contributed by atoms with van der Waals surface area (Å²) < 4.78 is 77.9. The Morgan fingerprint density at radius 3 is 1.35 bits per heavy atom. The van der Waals surface area contributed by atoms with Gasteiger partial charge in [-0.2, -0.15) is 26.3 Å². The Morgan fingerprint density at radius 2 is 1.02 bits per heavy atom. The van der Waals surface area contributed by atoms with Crippen LogP contribution in [0, 0.1) is 0 Å². The lowest BCUT2D eigenvalue weighted by molar-refractivity contribution is -0.138. The van der Waals surface area contributed by atoms with E-state index >= 15 is 0 Å². The maximum atomic E-state index is 13.0. The van der Waals surface area contributed by atoms with Gasteiger partial charge in [-0.05, 0) is 37.1 Å². The van der Waals surface area contributed by atoms with Gasteiger partial charge < -0.3 is 20.4 Å². The van der Waals surface area contributed by atoms with E-state index in [4.69, 9.17) is 0 Å². The summed E-state index contributed by atoms with van der Waals surface area (Å²) >= 11 is 0. The summed E-state index contributed by atoms with van der Waals surface area (Å²) in [5.41, 5.74) is -1.01. The highest BCUT2D eigenvalue weighted by molar-refractivity contribution is 6.01. The summed E-state index contributed by atoms with van der Waals surface area (Å²) in [5, 5.41) is 6.40. The molecule has 0 unspecified atom stereocenters. The van der Waals surface area contributed by atoms with Gasteiger partial charge >= 0.3 is 12.4 Å². The first kappa shape index (κ1) is 32.0. The maximum absolute atomic E-state index is 13.0. The van der Waals surface area contributed by atoms with E-state index in [1.807, 2.05) is 13.8 Å². The van der Waals surface area contributed by atoms with Crippen molar-refractivity contribution in [3.63, 3.8) is 0 Å². The van der Waals surface area contributed by atoms with Crippen LogP contribution < -0.4 is 10.6 Å². The number of carbonyl (C=O) groups is 2. The zero-order valence-electron chi connectivity index (χ0n) is 21.4. The minimum atomic E-state index is -4.49. The van der Waals surface area contributed by atoms with Gasteiger partial charge in [0.15, 0.2) is 0 Å². The molecule has 2 aromatic rings. The lowest BCUT2D eigenvalue weighted by atomic mass is 9.98. The number of rotatable bonds is 0. The third-order valence-corrected chi connectivity index (χ3v) is 7.48. The molecule has 220 valence electrons. The third kappa shape index (κ3) is 5.50. The molecule has 0 aromatic heterocycles. The summed E-state index contributed by atoms with van der Waals surface area (Å²) in [7, 11) is 0. The molecule has 40 heavy (non-hydrogen) atoms. The van der Waals surface area contributed by atoms with Gasteiger partial charge in [-0.3, -0.25) is 9.59 Å². The first-order valence-electron chi connectivity index (χ1n) is 12.3. The van der Waals surface area contributed by atoms with E-state index in [2.05, 4.69) is 10.6 Å². The Kier molecular flexibility index (Phi) is 9.10. The molecule has 2 aromatic carbocycles. The number of hydrogen-bond donors (Lipinski definition) is 2. The highest BCUT2D eigenvalue weighted by Gasteiger charge is 2.47. The molecule has 0 radical (unpaired) electrons. The van der Waals surface area contributed by atoms with Crippen molar-refractivity contribution >= 4 is 36.6 Å². The van der Waals surface area contributed by atoms with E-state index < -0.39 is 35.3 Å². The molecule has 0 aliphatic carbocycles. The van der Waals surface area contributed by atoms with Gasteiger partial charge in [0.05, 0.1) is 34.3 Å². The largest absolute Gasteiger partial charge is 0.417 e. The smallest absolute Gasteiger partial charge is 0.329 e. The summed E-state index contributed by atoms with van der Waals surface area (Å²) in [6, 6.07) is 7.58. The van der Waals surface area contributed by atoms with Crippen LogP contribution in [0.2, 0.25) is 0 Å². The average Bonchev–Trinajstić information content (AvgIpc) is 3.29. The molecule has 6 nitrogen and oxygen atoms in total. The molecule has 14 heteroatoms. The molecule has 2 fully saturated rings. The zero-order chi connectivity index (χ0) is 27.6. The van der Waals surface area contributed by atoms with Crippen molar-refractivity contribution < 1.29 is 35.9 Å². The SMILES string of the molecule is C[C@H]1CN2C(=O)c3c(cccc3C(F)(F)F)[C@@H]2CN1.C[C@H]1CN2C(=O)c3c(cccc3C(F)(F)F)[C@H]2CN1.Cl.Cl. The van der Waals surface area contributed by atoms with Gasteiger partial charge in [0.2, 0.25) is 0 Å². The second-order valence-corrected chi connectivity index (χ2v) is 10.1.